The van der Waals surface area contributed by atoms with Crippen molar-refractivity contribution in [3.8, 4) is 16.9 Å². The number of fused-ring (bicyclic) bond motifs is 1. The maximum Gasteiger partial charge on any atom is 0.422 e. The van der Waals surface area contributed by atoms with Crippen molar-refractivity contribution in [3.05, 3.63) is 58.5 Å². The average Bonchev–Trinajstić information content (AvgIpc) is 3.21. The molecular formula is C28H31F3O3S. The van der Waals surface area contributed by atoms with E-state index in [-0.39, 0.29) is 17.6 Å². The highest BCUT2D eigenvalue weighted by Crippen LogP contribution is 2.44. The van der Waals surface area contributed by atoms with Crippen molar-refractivity contribution in [1.29, 1.82) is 0 Å². The van der Waals surface area contributed by atoms with Crippen LogP contribution in [0, 0.1) is 0 Å². The summed E-state index contributed by atoms with van der Waals surface area (Å²) >= 11 is 1.52. The molecule has 0 radical (unpaired) electrons. The second-order valence-electron chi connectivity index (χ2n) is 9.11. The molecule has 0 aliphatic carbocycles. The van der Waals surface area contributed by atoms with Gasteiger partial charge in [0.05, 0.1) is 6.61 Å². The topological polar surface area (TPSA) is 35.5 Å². The summed E-state index contributed by atoms with van der Waals surface area (Å²) in [4.78, 5) is 12.8. The van der Waals surface area contributed by atoms with Crippen molar-refractivity contribution in [2.75, 3.05) is 13.2 Å². The molecule has 0 bridgehead atoms. The minimum atomic E-state index is -4.45. The lowest BCUT2D eigenvalue weighted by molar-refractivity contribution is -0.153. The van der Waals surface area contributed by atoms with Crippen LogP contribution in [0.4, 0.5) is 13.2 Å². The van der Waals surface area contributed by atoms with Crippen molar-refractivity contribution < 1.29 is 27.4 Å². The van der Waals surface area contributed by atoms with Crippen LogP contribution in [0.25, 0.3) is 26.8 Å². The van der Waals surface area contributed by atoms with E-state index in [4.69, 9.17) is 9.47 Å². The molecule has 0 atom stereocenters. The van der Waals surface area contributed by atoms with E-state index in [2.05, 4.69) is 13.8 Å². The van der Waals surface area contributed by atoms with Crippen LogP contribution in [-0.4, -0.2) is 25.4 Å². The molecule has 0 amide bonds. The van der Waals surface area contributed by atoms with Crippen LogP contribution in [0.3, 0.4) is 0 Å². The third-order valence-electron chi connectivity index (χ3n) is 5.67. The molecule has 1 heterocycles. The van der Waals surface area contributed by atoms with Crippen LogP contribution >= 0.6 is 11.3 Å². The Hall–Kier alpha value is -2.80. The van der Waals surface area contributed by atoms with Crippen molar-refractivity contribution in [2.24, 2.45) is 0 Å². The lowest BCUT2D eigenvalue weighted by Crippen LogP contribution is -2.20. The predicted octanol–water partition coefficient (Wildman–Crippen LogP) is 8.72. The second-order valence-corrected chi connectivity index (χ2v) is 10.2. The highest BCUT2D eigenvalue weighted by Gasteiger charge is 2.30. The van der Waals surface area contributed by atoms with Crippen molar-refractivity contribution in [3.63, 3.8) is 0 Å². The van der Waals surface area contributed by atoms with Gasteiger partial charge in [-0.3, -0.25) is 0 Å². The Balaban J connectivity index is 2.24. The summed E-state index contributed by atoms with van der Waals surface area (Å²) in [5, 5.41) is 0.900. The molecule has 3 rings (SSSR count). The van der Waals surface area contributed by atoms with Gasteiger partial charge in [0.15, 0.2) is 6.61 Å². The van der Waals surface area contributed by atoms with E-state index in [1.54, 1.807) is 6.92 Å². The molecule has 1 aromatic heterocycles. The zero-order chi connectivity index (χ0) is 25.9. The molecule has 0 N–H and O–H groups in total. The average molecular weight is 505 g/mol. The molecular weight excluding hydrogens is 473 g/mol. The number of carbonyl (C=O) groups excluding carboxylic acids is 1. The van der Waals surface area contributed by atoms with Crippen LogP contribution in [0.1, 0.15) is 69.4 Å². The Morgan fingerprint density at radius 2 is 1.77 bits per heavy atom. The maximum absolute atomic E-state index is 13.2. The van der Waals surface area contributed by atoms with Gasteiger partial charge in [0.2, 0.25) is 0 Å². The number of hydrogen-bond donors (Lipinski definition) is 0. The molecule has 0 unspecified atom stereocenters. The van der Waals surface area contributed by atoms with Gasteiger partial charge in [-0.05, 0) is 66.1 Å². The molecule has 0 spiro atoms. The number of alkyl halides is 3. The number of rotatable bonds is 8. The molecule has 0 fully saturated rings. The van der Waals surface area contributed by atoms with Crippen LogP contribution < -0.4 is 4.74 Å². The van der Waals surface area contributed by atoms with Gasteiger partial charge in [0, 0.05) is 26.6 Å². The summed E-state index contributed by atoms with van der Waals surface area (Å²) in [6, 6.07) is 11.6. The first-order valence-corrected chi connectivity index (χ1v) is 12.5. The third kappa shape index (κ3) is 6.45. The molecule has 2 aromatic carbocycles. The standard InChI is InChI=1S/C28H31F3O3S/c1-7-33-26(32)11-18(6)25-14-22-20(9-8-10-24(22)35-25)23-13-19(16(2)3)12-21(17(4)5)27(23)34-15-28(29,30)31/h8-14,16-17H,7,15H2,1-6H3. The molecule has 35 heavy (non-hydrogen) atoms. The Bertz CT molecular complexity index is 1240. The summed E-state index contributed by atoms with van der Waals surface area (Å²) in [5.41, 5.74) is 4.00. The van der Waals surface area contributed by atoms with Gasteiger partial charge in [-0.25, -0.2) is 4.79 Å². The number of thiophene rings is 1. The SMILES string of the molecule is CCOC(=O)C=C(C)c1cc2c(-c3cc(C(C)C)cc(C(C)C)c3OCC(F)(F)F)cccc2s1. The smallest absolute Gasteiger partial charge is 0.422 e. The minimum absolute atomic E-state index is 0.0253. The summed E-state index contributed by atoms with van der Waals surface area (Å²) in [6.45, 7) is 10.6. The summed E-state index contributed by atoms with van der Waals surface area (Å²) in [5.74, 6) is 0.0232. The number of halogens is 3. The van der Waals surface area contributed by atoms with Gasteiger partial charge in [-0.1, -0.05) is 45.9 Å². The maximum atomic E-state index is 13.2. The molecule has 7 heteroatoms. The molecule has 0 saturated carbocycles. The van der Waals surface area contributed by atoms with E-state index in [1.165, 1.54) is 17.4 Å². The lowest BCUT2D eigenvalue weighted by Gasteiger charge is -2.22. The Morgan fingerprint density at radius 3 is 2.37 bits per heavy atom. The van der Waals surface area contributed by atoms with E-state index in [0.29, 0.717) is 12.2 Å². The molecule has 0 aliphatic heterocycles. The summed E-state index contributed by atoms with van der Waals surface area (Å²) in [6.07, 6.45) is -2.99. The van der Waals surface area contributed by atoms with E-state index >= 15 is 0 Å². The van der Waals surface area contributed by atoms with E-state index in [0.717, 1.165) is 37.2 Å². The zero-order valence-corrected chi connectivity index (χ0v) is 21.7. The van der Waals surface area contributed by atoms with Gasteiger partial charge in [0.1, 0.15) is 5.75 Å². The van der Waals surface area contributed by atoms with E-state index < -0.39 is 18.8 Å². The Morgan fingerprint density at radius 1 is 1.06 bits per heavy atom. The molecule has 188 valence electrons. The van der Waals surface area contributed by atoms with Crippen molar-refractivity contribution in [1.82, 2.24) is 0 Å². The van der Waals surface area contributed by atoms with E-state index in [9.17, 15) is 18.0 Å². The number of benzene rings is 2. The second kappa shape index (κ2) is 10.9. The fraction of sp³-hybridized carbons (Fsp3) is 0.393. The molecule has 3 aromatic rings. The van der Waals surface area contributed by atoms with Crippen LogP contribution in [0.5, 0.6) is 5.75 Å². The first-order chi connectivity index (χ1) is 16.4. The van der Waals surface area contributed by atoms with Gasteiger partial charge in [0.25, 0.3) is 0 Å². The first kappa shape index (κ1) is 26.8. The van der Waals surface area contributed by atoms with Crippen molar-refractivity contribution in [2.45, 2.75) is 59.6 Å². The quantitative estimate of drug-likeness (QED) is 0.227. The molecule has 0 saturated heterocycles. The van der Waals surface area contributed by atoms with Gasteiger partial charge in [-0.15, -0.1) is 11.3 Å². The van der Waals surface area contributed by atoms with Gasteiger partial charge in [-0.2, -0.15) is 13.2 Å². The van der Waals surface area contributed by atoms with Crippen LogP contribution in [0.2, 0.25) is 0 Å². The monoisotopic (exact) mass is 504 g/mol. The fourth-order valence-corrected chi connectivity index (χ4v) is 4.93. The predicted molar refractivity (Wildman–Crippen MR) is 137 cm³/mol. The van der Waals surface area contributed by atoms with Crippen LogP contribution in [0.15, 0.2) is 42.5 Å². The van der Waals surface area contributed by atoms with Crippen molar-refractivity contribution >= 4 is 33.0 Å². The normalized spacial score (nSPS) is 12.6. The number of ether oxygens (including phenoxy) is 2. The molecule has 3 nitrogen and oxygen atoms in total. The first-order valence-electron chi connectivity index (χ1n) is 11.7. The Kier molecular flexibility index (Phi) is 8.31. The van der Waals surface area contributed by atoms with Gasteiger partial charge < -0.3 is 9.47 Å². The zero-order valence-electron chi connectivity index (χ0n) is 20.9. The summed E-state index contributed by atoms with van der Waals surface area (Å²) in [7, 11) is 0. The fourth-order valence-electron chi connectivity index (χ4n) is 3.87. The number of allylic oxidation sites excluding steroid dienone is 1. The highest BCUT2D eigenvalue weighted by atomic mass is 32.1. The lowest BCUT2D eigenvalue weighted by atomic mass is 9.88. The van der Waals surface area contributed by atoms with Gasteiger partial charge >= 0.3 is 12.1 Å². The number of carbonyl (C=O) groups is 1. The Labute approximate surface area is 208 Å². The van der Waals surface area contributed by atoms with Crippen LogP contribution in [-0.2, 0) is 9.53 Å². The largest absolute Gasteiger partial charge is 0.483 e. The number of hydrogen-bond acceptors (Lipinski definition) is 4. The third-order valence-corrected chi connectivity index (χ3v) is 6.91. The highest BCUT2D eigenvalue weighted by molar-refractivity contribution is 7.20. The van der Waals surface area contributed by atoms with E-state index in [1.807, 2.05) is 57.2 Å². The minimum Gasteiger partial charge on any atom is -0.483 e. The number of esters is 1. The molecule has 0 aliphatic rings. The summed E-state index contributed by atoms with van der Waals surface area (Å²) < 4.78 is 50.9.